The van der Waals surface area contributed by atoms with Crippen LogP contribution in [0.2, 0.25) is 5.02 Å². The summed E-state index contributed by atoms with van der Waals surface area (Å²) in [6.07, 6.45) is 4.85. The monoisotopic (exact) mass is 261 g/mol. The standard InChI is InChI=1S/C15H16ClNO/c1-17-11-6-7-14(17)12(15(18)9-11)8-10-4-2-3-5-13(10)16/h2-5,8,11,14H,6-7,9H2,1H3/b12-8-/t11-,14-/m0/s1. The van der Waals surface area contributed by atoms with E-state index in [-0.39, 0.29) is 6.04 Å². The van der Waals surface area contributed by atoms with Gasteiger partial charge < -0.3 is 0 Å². The van der Waals surface area contributed by atoms with E-state index in [2.05, 4.69) is 11.9 Å². The topological polar surface area (TPSA) is 20.3 Å². The second kappa shape index (κ2) is 4.52. The molecule has 0 unspecified atom stereocenters. The zero-order valence-electron chi connectivity index (χ0n) is 10.4. The SMILES string of the molecule is CN1[C@H]2CC[C@H]1/C(=C/c1ccccc1Cl)C(=O)C2. The van der Waals surface area contributed by atoms with Crippen molar-refractivity contribution < 1.29 is 4.79 Å². The number of benzene rings is 1. The Morgan fingerprint density at radius 1 is 1.33 bits per heavy atom. The number of fused-ring (bicyclic) bond motifs is 2. The quantitative estimate of drug-likeness (QED) is 0.724. The molecule has 2 aliphatic rings. The minimum absolute atomic E-state index is 0.285. The largest absolute Gasteiger partial charge is 0.296 e. The van der Waals surface area contributed by atoms with E-state index in [4.69, 9.17) is 11.6 Å². The summed E-state index contributed by atoms with van der Waals surface area (Å²) in [4.78, 5) is 14.5. The van der Waals surface area contributed by atoms with Crippen LogP contribution in [-0.4, -0.2) is 29.8 Å². The predicted molar refractivity (Wildman–Crippen MR) is 73.6 cm³/mol. The fourth-order valence-corrected chi connectivity index (χ4v) is 3.28. The first-order valence-electron chi connectivity index (χ1n) is 6.38. The molecule has 2 heterocycles. The summed E-state index contributed by atoms with van der Waals surface area (Å²) in [6.45, 7) is 0. The van der Waals surface area contributed by atoms with Crippen LogP contribution in [0.1, 0.15) is 24.8 Å². The summed E-state index contributed by atoms with van der Waals surface area (Å²) < 4.78 is 0. The zero-order valence-corrected chi connectivity index (χ0v) is 11.2. The average molecular weight is 262 g/mol. The van der Waals surface area contributed by atoms with Gasteiger partial charge in [-0.3, -0.25) is 9.69 Å². The first-order valence-corrected chi connectivity index (χ1v) is 6.76. The van der Waals surface area contributed by atoms with Crippen LogP contribution >= 0.6 is 11.6 Å². The van der Waals surface area contributed by atoms with Crippen molar-refractivity contribution in [3.05, 3.63) is 40.4 Å². The molecule has 2 nitrogen and oxygen atoms in total. The lowest BCUT2D eigenvalue weighted by Gasteiger charge is -2.32. The highest BCUT2D eigenvalue weighted by Crippen LogP contribution is 2.37. The van der Waals surface area contributed by atoms with Gasteiger partial charge in [0.1, 0.15) is 0 Å². The Balaban J connectivity index is 2.00. The number of carbonyl (C=O) groups excluding carboxylic acids is 1. The van der Waals surface area contributed by atoms with Crippen LogP contribution in [0, 0.1) is 0 Å². The normalized spacial score (nSPS) is 30.1. The first-order chi connectivity index (χ1) is 8.66. The van der Waals surface area contributed by atoms with Gasteiger partial charge in [-0.1, -0.05) is 29.8 Å². The third-order valence-electron chi connectivity index (χ3n) is 4.16. The number of piperidine rings is 1. The van der Waals surface area contributed by atoms with Gasteiger partial charge >= 0.3 is 0 Å². The third-order valence-corrected chi connectivity index (χ3v) is 4.50. The van der Waals surface area contributed by atoms with Crippen LogP contribution in [0.5, 0.6) is 0 Å². The molecule has 1 aromatic carbocycles. The summed E-state index contributed by atoms with van der Waals surface area (Å²) in [7, 11) is 2.12. The maximum atomic E-state index is 12.2. The van der Waals surface area contributed by atoms with Crippen molar-refractivity contribution in [2.75, 3.05) is 7.05 Å². The minimum Gasteiger partial charge on any atom is -0.296 e. The van der Waals surface area contributed by atoms with Crippen LogP contribution in [-0.2, 0) is 4.79 Å². The number of nitrogens with zero attached hydrogens (tertiary/aromatic N) is 1. The Labute approximate surface area is 112 Å². The summed E-state index contributed by atoms with van der Waals surface area (Å²) in [5, 5.41) is 0.709. The minimum atomic E-state index is 0.285. The van der Waals surface area contributed by atoms with E-state index in [1.165, 1.54) is 0 Å². The number of halogens is 1. The van der Waals surface area contributed by atoms with Crippen molar-refractivity contribution in [3.63, 3.8) is 0 Å². The van der Waals surface area contributed by atoms with E-state index in [0.29, 0.717) is 23.3 Å². The molecule has 2 fully saturated rings. The molecule has 2 atom stereocenters. The van der Waals surface area contributed by atoms with Crippen molar-refractivity contribution in [1.82, 2.24) is 4.90 Å². The van der Waals surface area contributed by atoms with E-state index in [0.717, 1.165) is 24.0 Å². The number of likely N-dealkylation sites (N-methyl/N-ethyl adjacent to an activating group) is 1. The van der Waals surface area contributed by atoms with Gasteiger partial charge in [-0.05, 0) is 37.6 Å². The molecular weight excluding hydrogens is 246 g/mol. The van der Waals surface area contributed by atoms with Crippen LogP contribution in [0.25, 0.3) is 6.08 Å². The van der Waals surface area contributed by atoms with Crippen molar-refractivity contribution in [3.8, 4) is 0 Å². The van der Waals surface area contributed by atoms with E-state index >= 15 is 0 Å². The van der Waals surface area contributed by atoms with Gasteiger partial charge in [0.15, 0.2) is 5.78 Å². The van der Waals surface area contributed by atoms with Gasteiger partial charge in [0, 0.05) is 29.1 Å². The highest BCUT2D eigenvalue weighted by atomic mass is 35.5. The number of Topliss-reactive ketones (excluding diaryl/α,β-unsaturated/α-hetero) is 1. The molecule has 0 aromatic heterocycles. The number of rotatable bonds is 1. The van der Waals surface area contributed by atoms with Gasteiger partial charge in [0.2, 0.25) is 0 Å². The van der Waals surface area contributed by atoms with Gasteiger partial charge in [0.05, 0.1) is 0 Å². The molecule has 94 valence electrons. The van der Waals surface area contributed by atoms with Crippen molar-refractivity contribution in [2.45, 2.75) is 31.3 Å². The van der Waals surface area contributed by atoms with Gasteiger partial charge in [-0.15, -0.1) is 0 Å². The third kappa shape index (κ3) is 1.90. The maximum Gasteiger partial charge on any atom is 0.162 e. The molecule has 2 saturated heterocycles. The van der Waals surface area contributed by atoms with E-state index in [1.54, 1.807) is 0 Å². The smallest absolute Gasteiger partial charge is 0.162 e. The molecule has 18 heavy (non-hydrogen) atoms. The van der Waals surface area contributed by atoms with Gasteiger partial charge in [-0.2, -0.15) is 0 Å². The predicted octanol–water partition coefficient (Wildman–Crippen LogP) is 3.16. The summed E-state index contributed by atoms with van der Waals surface area (Å²) >= 11 is 6.16. The van der Waals surface area contributed by atoms with Gasteiger partial charge in [-0.25, -0.2) is 0 Å². The molecule has 0 amide bonds. The average Bonchev–Trinajstić information content (AvgIpc) is 2.61. The van der Waals surface area contributed by atoms with E-state index in [1.807, 2.05) is 30.3 Å². The lowest BCUT2D eigenvalue weighted by atomic mass is 9.94. The van der Waals surface area contributed by atoms with Crippen LogP contribution in [0.15, 0.2) is 29.8 Å². The Hall–Kier alpha value is -1.12. The Morgan fingerprint density at radius 3 is 2.89 bits per heavy atom. The van der Waals surface area contributed by atoms with E-state index < -0.39 is 0 Å². The van der Waals surface area contributed by atoms with Crippen LogP contribution in [0.3, 0.4) is 0 Å². The Morgan fingerprint density at radius 2 is 2.11 bits per heavy atom. The van der Waals surface area contributed by atoms with Crippen molar-refractivity contribution in [1.29, 1.82) is 0 Å². The van der Waals surface area contributed by atoms with Crippen LogP contribution < -0.4 is 0 Å². The molecule has 2 bridgehead atoms. The number of ketones is 1. The highest BCUT2D eigenvalue weighted by molar-refractivity contribution is 6.32. The van der Waals surface area contributed by atoms with E-state index in [9.17, 15) is 4.79 Å². The molecule has 1 aromatic rings. The lowest BCUT2D eigenvalue weighted by Crippen LogP contribution is -2.41. The second-order valence-corrected chi connectivity index (χ2v) is 5.57. The molecular formula is C15H16ClNO. The lowest BCUT2D eigenvalue weighted by molar-refractivity contribution is -0.118. The Bertz CT molecular complexity index is 523. The summed E-state index contributed by atoms with van der Waals surface area (Å²) in [6, 6.07) is 8.42. The van der Waals surface area contributed by atoms with Gasteiger partial charge in [0.25, 0.3) is 0 Å². The molecule has 0 spiro atoms. The molecule has 3 rings (SSSR count). The maximum absolute atomic E-state index is 12.2. The van der Waals surface area contributed by atoms with Crippen LogP contribution in [0.4, 0.5) is 0 Å². The number of hydrogen-bond acceptors (Lipinski definition) is 2. The molecule has 0 aliphatic carbocycles. The summed E-state index contributed by atoms with van der Waals surface area (Å²) in [5.41, 5.74) is 1.88. The Kier molecular flexibility index (Phi) is 3.00. The first kappa shape index (κ1) is 11.9. The highest BCUT2D eigenvalue weighted by Gasteiger charge is 2.41. The zero-order chi connectivity index (χ0) is 12.7. The fourth-order valence-electron chi connectivity index (χ4n) is 3.09. The molecule has 3 heteroatoms. The number of hydrogen-bond donors (Lipinski definition) is 0. The molecule has 0 N–H and O–H groups in total. The molecule has 0 radical (unpaired) electrons. The summed E-state index contributed by atoms with van der Waals surface area (Å²) in [5.74, 6) is 0.292. The second-order valence-electron chi connectivity index (χ2n) is 5.16. The molecule has 0 saturated carbocycles. The fraction of sp³-hybridized carbons (Fsp3) is 0.400. The van der Waals surface area contributed by atoms with Crippen molar-refractivity contribution in [2.24, 2.45) is 0 Å². The molecule has 2 aliphatic heterocycles. The van der Waals surface area contributed by atoms with Crippen molar-refractivity contribution >= 4 is 23.5 Å². The number of carbonyl (C=O) groups is 1.